The van der Waals surface area contributed by atoms with E-state index in [-0.39, 0.29) is 11.4 Å². The largest absolute Gasteiger partial charge is 0.311 e. The SMILES string of the molecule is CCn1c(SCc2ccccc2F)nc2c(=O)[nH]cnc21. The third-order valence-electron chi connectivity index (χ3n) is 3.13. The Hall–Kier alpha value is -2.15. The van der Waals surface area contributed by atoms with Crippen LogP contribution < -0.4 is 5.56 Å². The molecule has 0 aliphatic heterocycles. The predicted octanol–water partition coefficient (Wildman–Crippen LogP) is 2.57. The molecule has 0 saturated carbocycles. The lowest BCUT2D eigenvalue weighted by atomic mass is 10.2. The normalized spacial score (nSPS) is 11.1. The Labute approximate surface area is 124 Å². The van der Waals surface area contributed by atoms with Crippen molar-refractivity contribution in [1.82, 2.24) is 19.5 Å². The highest BCUT2D eigenvalue weighted by atomic mass is 32.2. The van der Waals surface area contributed by atoms with Crippen molar-refractivity contribution in [2.75, 3.05) is 0 Å². The minimum Gasteiger partial charge on any atom is -0.311 e. The molecule has 2 aromatic heterocycles. The molecular weight excluding hydrogens is 291 g/mol. The Morgan fingerprint density at radius 3 is 2.95 bits per heavy atom. The van der Waals surface area contributed by atoms with Gasteiger partial charge in [-0.2, -0.15) is 0 Å². The first-order chi connectivity index (χ1) is 10.2. The van der Waals surface area contributed by atoms with Crippen LogP contribution in [0.15, 0.2) is 40.5 Å². The van der Waals surface area contributed by atoms with Gasteiger partial charge in [0, 0.05) is 12.3 Å². The second-order valence-corrected chi connectivity index (χ2v) is 5.37. The maximum absolute atomic E-state index is 13.6. The van der Waals surface area contributed by atoms with Gasteiger partial charge in [-0.05, 0) is 18.6 Å². The predicted molar refractivity (Wildman–Crippen MR) is 79.8 cm³/mol. The Balaban J connectivity index is 1.96. The number of thioether (sulfide) groups is 1. The van der Waals surface area contributed by atoms with E-state index in [0.29, 0.717) is 34.2 Å². The number of fused-ring (bicyclic) bond motifs is 1. The fourth-order valence-corrected chi connectivity index (χ4v) is 3.13. The molecule has 21 heavy (non-hydrogen) atoms. The molecule has 2 heterocycles. The molecule has 0 bridgehead atoms. The van der Waals surface area contributed by atoms with Gasteiger partial charge < -0.3 is 9.55 Å². The quantitative estimate of drug-likeness (QED) is 0.752. The molecule has 0 saturated heterocycles. The summed E-state index contributed by atoms with van der Waals surface area (Å²) in [6.45, 7) is 2.60. The van der Waals surface area contributed by atoms with Crippen LogP contribution >= 0.6 is 11.8 Å². The molecule has 0 atom stereocenters. The summed E-state index contributed by atoms with van der Waals surface area (Å²) in [7, 11) is 0. The van der Waals surface area contributed by atoms with Crippen LogP contribution in [0.1, 0.15) is 12.5 Å². The van der Waals surface area contributed by atoms with Gasteiger partial charge in [0.25, 0.3) is 5.56 Å². The molecule has 0 fully saturated rings. The number of nitrogens with zero attached hydrogens (tertiary/aromatic N) is 3. The van der Waals surface area contributed by atoms with Gasteiger partial charge in [0.05, 0.1) is 6.33 Å². The number of rotatable bonds is 4. The zero-order chi connectivity index (χ0) is 14.8. The Bertz CT molecular complexity index is 842. The first kappa shape index (κ1) is 13.8. The molecule has 0 spiro atoms. The summed E-state index contributed by atoms with van der Waals surface area (Å²) in [6.07, 6.45) is 1.36. The molecule has 3 rings (SSSR count). The molecule has 7 heteroatoms. The van der Waals surface area contributed by atoms with Crippen LogP contribution in [0.2, 0.25) is 0 Å². The number of aromatic amines is 1. The number of hydrogen-bond acceptors (Lipinski definition) is 4. The minimum atomic E-state index is -0.264. The van der Waals surface area contributed by atoms with E-state index in [1.807, 2.05) is 11.5 Å². The maximum Gasteiger partial charge on any atom is 0.278 e. The Morgan fingerprint density at radius 2 is 2.19 bits per heavy atom. The van der Waals surface area contributed by atoms with Crippen LogP contribution in [0, 0.1) is 5.82 Å². The van der Waals surface area contributed by atoms with Gasteiger partial charge in [0.2, 0.25) is 0 Å². The van der Waals surface area contributed by atoms with Gasteiger partial charge in [0.1, 0.15) is 5.82 Å². The minimum absolute atomic E-state index is 0.236. The monoisotopic (exact) mass is 304 g/mol. The Morgan fingerprint density at radius 1 is 1.38 bits per heavy atom. The van der Waals surface area contributed by atoms with Crippen LogP contribution in [0.4, 0.5) is 4.39 Å². The van der Waals surface area contributed by atoms with E-state index in [0.717, 1.165) is 0 Å². The average Bonchev–Trinajstić information content (AvgIpc) is 2.85. The molecule has 0 unspecified atom stereocenters. The van der Waals surface area contributed by atoms with E-state index in [4.69, 9.17) is 0 Å². The van der Waals surface area contributed by atoms with Crippen molar-refractivity contribution in [2.45, 2.75) is 24.4 Å². The van der Waals surface area contributed by atoms with Crippen LogP contribution in [0.3, 0.4) is 0 Å². The van der Waals surface area contributed by atoms with Crippen LogP contribution in [-0.4, -0.2) is 19.5 Å². The van der Waals surface area contributed by atoms with Crippen molar-refractivity contribution >= 4 is 22.9 Å². The highest BCUT2D eigenvalue weighted by molar-refractivity contribution is 7.98. The Kier molecular flexibility index (Phi) is 3.74. The molecule has 1 N–H and O–H groups in total. The number of imidazole rings is 1. The van der Waals surface area contributed by atoms with Gasteiger partial charge >= 0.3 is 0 Å². The number of aryl methyl sites for hydroxylation is 1. The molecule has 0 amide bonds. The van der Waals surface area contributed by atoms with Crippen LogP contribution in [0.5, 0.6) is 0 Å². The third kappa shape index (κ3) is 2.56. The van der Waals surface area contributed by atoms with Crippen molar-refractivity contribution in [3.8, 4) is 0 Å². The topological polar surface area (TPSA) is 63.6 Å². The summed E-state index contributed by atoms with van der Waals surface area (Å²) < 4.78 is 15.5. The summed E-state index contributed by atoms with van der Waals surface area (Å²) in [5.74, 6) is 0.216. The standard InChI is InChI=1S/C14H13FN4OS/c1-2-19-12-11(13(20)17-8-16-12)18-14(19)21-7-9-5-3-4-6-10(9)15/h3-6,8H,2,7H2,1H3,(H,16,17,20). The van der Waals surface area contributed by atoms with Crippen molar-refractivity contribution in [2.24, 2.45) is 0 Å². The molecule has 1 aromatic carbocycles. The third-order valence-corrected chi connectivity index (χ3v) is 4.16. The fourth-order valence-electron chi connectivity index (χ4n) is 2.08. The fraction of sp³-hybridized carbons (Fsp3) is 0.214. The number of hydrogen-bond donors (Lipinski definition) is 1. The van der Waals surface area contributed by atoms with Gasteiger partial charge in [-0.3, -0.25) is 4.79 Å². The number of benzene rings is 1. The number of aromatic nitrogens is 4. The van der Waals surface area contributed by atoms with E-state index in [1.165, 1.54) is 24.2 Å². The maximum atomic E-state index is 13.6. The van der Waals surface area contributed by atoms with Crippen molar-refractivity contribution in [3.63, 3.8) is 0 Å². The molecule has 0 aliphatic carbocycles. The van der Waals surface area contributed by atoms with Crippen LogP contribution in [0.25, 0.3) is 11.2 Å². The highest BCUT2D eigenvalue weighted by Gasteiger charge is 2.14. The number of H-pyrrole nitrogens is 1. The lowest BCUT2D eigenvalue weighted by Gasteiger charge is -2.05. The average molecular weight is 304 g/mol. The smallest absolute Gasteiger partial charge is 0.278 e. The summed E-state index contributed by atoms with van der Waals surface area (Å²) in [4.78, 5) is 22.7. The molecular formula is C14H13FN4OS. The molecule has 0 aliphatic rings. The molecule has 0 radical (unpaired) electrons. The van der Waals surface area contributed by atoms with E-state index in [1.54, 1.807) is 18.2 Å². The van der Waals surface area contributed by atoms with E-state index in [2.05, 4.69) is 15.0 Å². The second kappa shape index (κ2) is 5.69. The van der Waals surface area contributed by atoms with Gasteiger partial charge in [0.15, 0.2) is 16.3 Å². The summed E-state index contributed by atoms with van der Waals surface area (Å²) in [6, 6.07) is 6.64. The van der Waals surface area contributed by atoms with Crippen LogP contribution in [-0.2, 0) is 12.3 Å². The number of nitrogens with one attached hydrogen (secondary N) is 1. The summed E-state index contributed by atoms with van der Waals surface area (Å²) >= 11 is 1.39. The van der Waals surface area contributed by atoms with E-state index < -0.39 is 0 Å². The van der Waals surface area contributed by atoms with Crippen molar-refractivity contribution in [3.05, 3.63) is 52.3 Å². The molecule has 5 nitrogen and oxygen atoms in total. The first-order valence-electron chi connectivity index (χ1n) is 6.51. The summed E-state index contributed by atoms with van der Waals surface area (Å²) in [5, 5.41) is 0.667. The van der Waals surface area contributed by atoms with E-state index in [9.17, 15) is 9.18 Å². The van der Waals surface area contributed by atoms with Crippen molar-refractivity contribution in [1.29, 1.82) is 0 Å². The lowest BCUT2D eigenvalue weighted by Crippen LogP contribution is -2.07. The van der Waals surface area contributed by atoms with Crippen molar-refractivity contribution < 1.29 is 4.39 Å². The van der Waals surface area contributed by atoms with Gasteiger partial charge in [-0.25, -0.2) is 14.4 Å². The zero-order valence-corrected chi connectivity index (χ0v) is 12.2. The first-order valence-corrected chi connectivity index (χ1v) is 7.49. The van der Waals surface area contributed by atoms with Gasteiger partial charge in [-0.15, -0.1) is 0 Å². The molecule has 108 valence electrons. The summed E-state index contributed by atoms with van der Waals surface area (Å²) in [5.41, 5.74) is 1.21. The molecule has 3 aromatic rings. The van der Waals surface area contributed by atoms with Gasteiger partial charge in [-0.1, -0.05) is 30.0 Å². The highest BCUT2D eigenvalue weighted by Crippen LogP contribution is 2.25. The second-order valence-electron chi connectivity index (χ2n) is 4.42. The zero-order valence-electron chi connectivity index (χ0n) is 11.3. The van der Waals surface area contributed by atoms with E-state index >= 15 is 0 Å². The lowest BCUT2D eigenvalue weighted by molar-refractivity contribution is 0.617. The number of halogens is 1.